The number of alkyl halides is 6. The number of carbonyl (C=O) groups is 3. The summed E-state index contributed by atoms with van der Waals surface area (Å²) in [4.78, 5) is 32.7. The number of rotatable bonds is 4. The Labute approximate surface area is 172 Å². The fourth-order valence-corrected chi connectivity index (χ4v) is 3.03. The number of carboxylic acid groups (broad SMARTS) is 2. The topological polar surface area (TPSA) is 104 Å². The van der Waals surface area contributed by atoms with Gasteiger partial charge in [-0.05, 0) is 43.9 Å². The molecule has 12 heteroatoms. The van der Waals surface area contributed by atoms with Crippen molar-refractivity contribution in [2.75, 3.05) is 5.32 Å². The second-order valence-corrected chi connectivity index (χ2v) is 7.38. The summed E-state index contributed by atoms with van der Waals surface area (Å²) < 4.78 is 76.3. The van der Waals surface area contributed by atoms with Gasteiger partial charge < -0.3 is 15.5 Å². The molecule has 1 amide bonds. The van der Waals surface area contributed by atoms with E-state index in [0.717, 1.165) is 19.3 Å². The third-order valence-corrected chi connectivity index (χ3v) is 5.24. The largest absolute Gasteiger partial charge is 0.481 e. The van der Waals surface area contributed by atoms with Gasteiger partial charge in [0.1, 0.15) is 0 Å². The van der Waals surface area contributed by atoms with Gasteiger partial charge in [0.25, 0.3) is 0 Å². The van der Waals surface area contributed by atoms with E-state index in [2.05, 4.69) is 0 Å². The van der Waals surface area contributed by atoms with Crippen LogP contribution in [0.25, 0.3) is 0 Å². The number of carboxylic acids is 2. The summed E-state index contributed by atoms with van der Waals surface area (Å²) in [5.74, 6) is -4.74. The van der Waals surface area contributed by atoms with Crippen LogP contribution in [0.5, 0.6) is 0 Å². The first-order valence-corrected chi connectivity index (χ1v) is 9.26. The fraction of sp³-hybridized carbons (Fsp3) is 0.526. The van der Waals surface area contributed by atoms with Crippen LogP contribution in [0.3, 0.4) is 0 Å². The van der Waals surface area contributed by atoms with Gasteiger partial charge in [-0.15, -0.1) is 0 Å². The average Bonchev–Trinajstić information content (AvgIpc) is 2.49. The molecular formula is C19H19F6NO5. The maximum Gasteiger partial charge on any atom is 0.416 e. The van der Waals surface area contributed by atoms with Crippen LogP contribution in [0.15, 0.2) is 18.2 Å². The quantitative estimate of drug-likeness (QED) is 0.574. The molecule has 1 aromatic rings. The third-order valence-electron chi connectivity index (χ3n) is 5.24. The van der Waals surface area contributed by atoms with Crippen LogP contribution in [0.2, 0.25) is 0 Å². The fourth-order valence-electron chi connectivity index (χ4n) is 3.03. The minimum Gasteiger partial charge on any atom is -0.481 e. The van der Waals surface area contributed by atoms with E-state index in [-0.39, 0.29) is 24.8 Å². The molecule has 2 fully saturated rings. The van der Waals surface area contributed by atoms with E-state index in [1.165, 1.54) is 0 Å². The Bertz CT molecular complexity index is 815. The first-order chi connectivity index (χ1) is 14.2. The van der Waals surface area contributed by atoms with Gasteiger partial charge in [-0.2, -0.15) is 26.3 Å². The predicted octanol–water partition coefficient (Wildman–Crippen LogP) is 4.64. The second-order valence-electron chi connectivity index (χ2n) is 7.38. The number of halogens is 6. The zero-order valence-electron chi connectivity index (χ0n) is 15.9. The van der Waals surface area contributed by atoms with E-state index in [1.54, 1.807) is 0 Å². The minimum atomic E-state index is -5.03. The number of nitrogens with one attached hydrogen (secondary N) is 1. The lowest BCUT2D eigenvalue weighted by atomic mass is 9.73. The SMILES string of the molecule is O=C(O)C1CCC1.O=C(O)[C@@H]1CC[C@H]1C(=O)Nc1cc(C(F)(F)F)cc(C(F)(F)F)c1. The molecule has 172 valence electrons. The molecule has 3 rings (SSSR count). The van der Waals surface area contributed by atoms with Crippen molar-refractivity contribution in [1.82, 2.24) is 0 Å². The molecule has 0 aliphatic heterocycles. The normalized spacial score (nSPS) is 21.1. The first kappa shape index (κ1) is 24.5. The van der Waals surface area contributed by atoms with Gasteiger partial charge in [-0.3, -0.25) is 14.4 Å². The van der Waals surface area contributed by atoms with E-state index in [9.17, 15) is 40.7 Å². The highest BCUT2D eigenvalue weighted by atomic mass is 19.4. The van der Waals surface area contributed by atoms with E-state index < -0.39 is 58.8 Å². The molecule has 2 aliphatic carbocycles. The highest BCUT2D eigenvalue weighted by molar-refractivity contribution is 5.96. The van der Waals surface area contributed by atoms with E-state index in [0.29, 0.717) is 12.1 Å². The summed E-state index contributed by atoms with van der Waals surface area (Å²) in [5.41, 5.74) is -3.80. The van der Waals surface area contributed by atoms with Crippen LogP contribution in [0.1, 0.15) is 43.2 Å². The van der Waals surface area contributed by atoms with Crippen LogP contribution < -0.4 is 5.32 Å². The van der Waals surface area contributed by atoms with E-state index in [1.807, 2.05) is 5.32 Å². The number of amides is 1. The number of hydrogen-bond acceptors (Lipinski definition) is 3. The average molecular weight is 455 g/mol. The molecule has 0 heterocycles. The van der Waals surface area contributed by atoms with Crippen LogP contribution in [0.4, 0.5) is 32.0 Å². The number of benzene rings is 1. The Hall–Kier alpha value is -2.79. The first-order valence-electron chi connectivity index (χ1n) is 9.26. The molecule has 6 nitrogen and oxygen atoms in total. The van der Waals surface area contributed by atoms with Crippen molar-refractivity contribution >= 4 is 23.5 Å². The maximum atomic E-state index is 12.7. The Morgan fingerprint density at radius 2 is 1.26 bits per heavy atom. The molecule has 0 spiro atoms. The Morgan fingerprint density at radius 3 is 1.52 bits per heavy atom. The highest BCUT2D eigenvalue weighted by Gasteiger charge is 2.42. The van der Waals surface area contributed by atoms with Crippen molar-refractivity contribution < 1.29 is 50.9 Å². The summed E-state index contributed by atoms with van der Waals surface area (Å²) in [6, 6.07) is 0.697. The third kappa shape index (κ3) is 6.34. The number of hydrogen-bond donors (Lipinski definition) is 3. The summed E-state index contributed by atoms with van der Waals surface area (Å²) >= 11 is 0. The lowest BCUT2D eigenvalue weighted by Crippen LogP contribution is -2.41. The summed E-state index contributed by atoms with van der Waals surface area (Å²) in [5, 5.41) is 19.0. The van der Waals surface area contributed by atoms with Gasteiger partial charge >= 0.3 is 24.3 Å². The van der Waals surface area contributed by atoms with Crippen molar-refractivity contribution in [2.45, 2.75) is 44.5 Å². The summed E-state index contributed by atoms with van der Waals surface area (Å²) in [7, 11) is 0. The number of aliphatic carboxylic acids is 2. The molecule has 2 atom stereocenters. The van der Waals surface area contributed by atoms with Crippen molar-refractivity contribution in [3.05, 3.63) is 29.3 Å². The van der Waals surface area contributed by atoms with Crippen LogP contribution >= 0.6 is 0 Å². The van der Waals surface area contributed by atoms with E-state index >= 15 is 0 Å². The second kappa shape index (κ2) is 9.15. The molecule has 31 heavy (non-hydrogen) atoms. The van der Waals surface area contributed by atoms with E-state index in [4.69, 9.17) is 10.2 Å². The minimum absolute atomic E-state index is 0.000000000000000444. The van der Waals surface area contributed by atoms with Gasteiger partial charge in [-0.25, -0.2) is 0 Å². The molecule has 0 aromatic heterocycles. The summed E-state index contributed by atoms with van der Waals surface area (Å²) in [6.07, 6.45) is -6.72. The van der Waals surface area contributed by atoms with Gasteiger partial charge in [0.15, 0.2) is 0 Å². The van der Waals surface area contributed by atoms with Crippen molar-refractivity contribution in [3.8, 4) is 0 Å². The van der Waals surface area contributed by atoms with Crippen LogP contribution in [-0.4, -0.2) is 28.1 Å². The monoisotopic (exact) mass is 455 g/mol. The molecule has 2 saturated carbocycles. The Balaban J connectivity index is 0.000000412. The zero-order valence-corrected chi connectivity index (χ0v) is 15.9. The molecule has 0 saturated heterocycles. The Kier molecular flexibility index (Phi) is 7.22. The van der Waals surface area contributed by atoms with Gasteiger partial charge in [-0.1, -0.05) is 6.42 Å². The molecule has 1 aromatic carbocycles. The molecule has 3 N–H and O–H groups in total. The molecular weight excluding hydrogens is 436 g/mol. The molecule has 0 bridgehead atoms. The molecule has 0 unspecified atom stereocenters. The van der Waals surface area contributed by atoms with Crippen LogP contribution in [-0.2, 0) is 26.7 Å². The van der Waals surface area contributed by atoms with Gasteiger partial charge in [0, 0.05) is 5.69 Å². The van der Waals surface area contributed by atoms with Gasteiger partial charge in [0.05, 0.1) is 28.9 Å². The number of anilines is 1. The highest BCUT2D eigenvalue weighted by Crippen LogP contribution is 2.39. The lowest BCUT2D eigenvalue weighted by molar-refractivity contribution is -0.151. The lowest BCUT2D eigenvalue weighted by Gasteiger charge is -2.32. The summed E-state index contributed by atoms with van der Waals surface area (Å²) in [6.45, 7) is 0. The smallest absolute Gasteiger partial charge is 0.416 e. The molecule has 2 aliphatic rings. The maximum absolute atomic E-state index is 12.7. The molecule has 0 radical (unpaired) electrons. The van der Waals surface area contributed by atoms with Gasteiger partial charge in [0.2, 0.25) is 5.91 Å². The standard InChI is InChI=1S/C14H11F6NO3.C5H8O2/c15-13(16,17)6-3-7(14(18,19)20)5-8(4-6)21-11(22)9-1-2-10(9)12(23)24;6-5(7)4-2-1-3-4/h3-5,9-10H,1-2H2,(H,21,22)(H,23,24);4H,1-3H2,(H,6,7)/t9-,10-;/m1./s1. The number of carbonyl (C=O) groups excluding carboxylic acids is 1. The van der Waals surface area contributed by atoms with Crippen molar-refractivity contribution in [1.29, 1.82) is 0 Å². The predicted molar refractivity (Wildman–Crippen MR) is 93.9 cm³/mol. The van der Waals surface area contributed by atoms with Crippen molar-refractivity contribution in [2.24, 2.45) is 17.8 Å². The van der Waals surface area contributed by atoms with Crippen LogP contribution in [0, 0.1) is 17.8 Å². The Morgan fingerprint density at radius 1 is 0.774 bits per heavy atom. The van der Waals surface area contributed by atoms with Crippen molar-refractivity contribution in [3.63, 3.8) is 0 Å². The zero-order chi connectivity index (χ0) is 23.6.